The number of H-pyrrole nitrogens is 1. The molecule has 4 heteroatoms. The Bertz CT molecular complexity index is 655. The lowest BCUT2D eigenvalue weighted by Gasteiger charge is -1.98. The van der Waals surface area contributed by atoms with Gasteiger partial charge in [0.25, 0.3) is 0 Å². The Balaban J connectivity index is 2.26. The van der Waals surface area contributed by atoms with Crippen molar-refractivity contribution in [3.8, 4) is 10.7 Å². The van der Waals surface area contributed by atoms with Crippen LogP contribution in [0.3, 0.4) is 0 Å². The van der Waals surface area contributed by atoms with Crippen LogP contribution in [0.15, 0.2) is 24.4 Å². The smallest absolute Gasteiger partial charge is 0.139 e. The van der Waals surface area contributed by atoms with Gasteiger partial charge in [-0.3, -0.25) is 0 Å². The van der Waals surface area contributed by atoms with Crippen LogP contribution < -0.4 is 5.73 Å². The van der Waals surface area contributed by atoms with E-state index >= 15 is 0 Å². The number of anilines is 1. The minimum Gasteiger partial charge on any atom is -0.398 e. The number of benzene rings is 1. The van der Waals surface area contributed by atoms with Crippen LogP contribution in [-0.4, -0.2) is 9.97 Å². The molecule has 3 rings (SSSR count). The van der Waals surface area contributed by atoms with Gasteiger partial charge in [-0.15, -0.1) is 11.3 Å². The predicted molar refractivity (Wildman–Crippen MR) is 73.3 cm³/mol. The molecule has 0 unspecified atom stereocenters. The van der Waals surface area contributed by atoms with Crippen LogP contribution in [0.5, 0.6) is 0 Å². The number of hydrogen-bond acceptors (Lipinski definition) is 3. The fourth-order valence-corrected chi connectivity index (χ4v) is 2.71. The third-order valence-electron chi connectivity index (χ3n) is 2.89. The number of hydrogen-bond donors (Lipinski definition) is 2. The molecule has 0 spiro atoms. The Morgan fingerprint density at radius 1 is 1.29 bits per heavy atom. The van der Waals surface area contributed by atoms with Gasteiger partial charge in [-0.25, -0.2) is 4.98 Å². The maximum absolute atomic E-state index is 5.98. The molecule has 2 aromatic heterocycles. The summed E-state index contributed by atoms with van der Waals surface area (Å²) in [5.74, 6) is 0. The van der Waals surface area contributed by atoms with Gasteiger partial charge in [0, 0.05) is 22.1 Å². The Morgan fingerprint density at radius 2 is 2.12 bits per heavy atom. The van der Waals surface area contributed by atoms with Crippen molar-refractivity contribution in [2.45, 2.75) is 13.8 Å². The van der Waals surface area contributed by atoms with Gasteiger partial charge in [0.1, 0.15) is 5.01 Å². The number of nitrogen functional groups attached to an aromatic ring is 1. The number of rotatable bonds is 1. The van der Waals surface area contributed by atoms with E-state index in [9.17, 15) is 0 Å². The largest absolute Gasteiger partial charge is 0.398 e. The average molecular weight is 243 g/mol. The van der Waals surface area contributed by atoms with Crippen LogP contribution in [0, 0.1) is 13.8 Å². The third-order valence-corrected chi connectivity index (χ3v) is 3.83. The number of nitrogens with one attached hydrogen (secondary N) is 1. The van der Waals surface area contributed by atoms with Gasteiger partial charge in [-0.1, -0.05) is 6.07 Å². The SMILES string of the molecule is Cc1cnc(-c2cc3c(N)ccc(C)c3[nH]2)s1. The number of fused-ring (bicyclic) bond motifs is 1. The molecular formula is C13H13N3S. The van der Waals surface area contributed by atoms with Crippen LogP contribution in [0.4, 0.5) is 5.69 Å². The Hall–Kier alpha value is -1.81. The minimum atomic E-state index is 0.807. The summed E-state index contributed by atoms with van der Waals surface area (Å²) in [6, 6.07) is 6.06. The maximum Gasteiger partial charge on any atom is 0.139 e. The lowest BCUT2D eigenvalue weighted by atomic mass is 10.1. The van der Waals surface area contributed by atoms with Crippen molar-refractivity contribution in [3.05, 3.63) is 34.8 Å². The number of nitrogens with two attached hydrogens (primary N) is 1. The van der Waals surface area contributed by atoms with Crippen molar-refractivity contribution in [2.75, 3.05) is 5.73 Å². The fraction of sp³-hybridized carbons (Fsp3) is 0.154. The van der Waals surface area contributed by atoms with Crippen molar-refractivity contribution < 1.29 is 0 Å². The molecule has 3 N–H and O–H groups in total. The van der Waals surface area contributed by atoms with Crippen LogP contribution in [0.25, 0.3) is 21.6 Å². The van der Waals surface area contributed by atoms with Crippen molar-refractivity contribution in [1.82, 2.24) is 9.97 Å². The zero-order valence-corrected chi connectivity index (χ0v) is 10.6. The third kappa shape index (κ3) is 1.61. The van der Waals surface area contributed by atoms with E-state index < -0.39 is 0 Å². The first kappa shape index (κ1) is 10.4. The zero-order valence-electron chi connectivity index (χ0n) is 9.74. The van der Waals surface area contributed by atoms with E-state index in [0.717, 1.165) is 27.3 Å². The predicted octanol–water partition coefficient (Wildman–Crippen LogP) is 3.49. The van der Waals surface area contributed by atoms with Gasteiger partial charge in [-0.05, 0) is 31.5 Å². The van der Waals surface area contributed by atoms with Crippen molar-refractivity contribution >= 4 is 27.9 Å². The Labute approximate surface area is 103 Å². The van der Waals surface area contributed by atoms with Gasteiger partial charge in [-0.2, -0.15) is 0 Å². The second-order valence-corrected chi connectivity index (χ2v) is 5.45. The van der Waals surface area contributed by atoms with Crippen LogP contribution in [0.2, 0.25) is 0 Å². The summed E-state index contributed by atoms with van der Waals surface area (Å²) in [5.41, 5.74) is 10.1. The summed E-state index contributed by atoms with van der Waals surface area (Å²) >= 11 is 1.68. The molecule has 1 aromatic carbocycles. The highest BCUT2D eigenvalue weighted by Crippen LogP contribution is 2.31. The molecule has 0 atom stereocenters. The van der Waals surface area contributed by atoms with Crippen LogP contribution in [-0.2, 0) is 0 Å². The summed E-state index contributed by atoms with van der Waals surface area (Å²) in [7, 11) is 0. The normalized spacial score (nSPS) is 11.2. The summed E-state index contributed by atoms with van der Waals surface area (Å²) in [6.07, 6.45) is 1.89. The molecule has 0 bridgehead atoms. The molecule has 3 nitrogen and oxygen atoms in total. The zero-order chi connectivity index (χ0) is 12.0. The van der Waals surface area contributed by atoms with Crippen molar-refractivity contribution in [2.24, 2.45) is 0 Å². The van der Waals surface area contributed by atoms with Crippen molar-refractivity contribution in [3.63, 3.8) is 0 Å². The molecule has 86 valence electrons. The molecule has 2 heterocycles. The molecule has 0 saturated heterocycles. The fourth-order valence-electron chi connectivity index (χ4n) is 1.98. The minimum absolute atomic E-state index is 0.807. The van der Waals surface area contributed by atoms with Crippen molar-refractivity contribution in [1.29, 1.82) is 0 Å². The highest BCUT2D eigenvalue weighted by atomic mass is 32.1. The summed E-state index contributed by atoms with van der Waals surface area (Å²) in [6.45, 7) is 4.14. The monoisotopic (exact) mass is 243 g/mol. The standard InChI is InChI=1S/C13H13N3S/c1-7-3-4-10(14)9-5-11(16-12(7)9)13-15-6-8(2)17-13/h3-6,16H,14H2,1-2H3. The Kier molecular flexibility index (Phi) is 2.19. The molecule has 0 aliphatic carbocycles. The Morgan fingerprint density at radius 3 is 2.76 bits per heavy atom. The number of nitrogens with zero attached hydrogens (tertiary/aromatic N) is 1. The van der Waals surface area contributed by atoms with E-state index in [1.807, 2.05) is 18.3 Å². The van der Waals surface area contributed by atoms with E-state index in [4.69, 9.17) is 5.73 Å². The molecule has 0 aliphatic rings. The number of thiazole rings is 1. The van der Waals surface area contributed by atoms with E-state index in [2.05, 4.69) is 29.9 Å². The van der Waals surface area contributed by atoms with E-state index in [0.29, 0.717) is 0 Å². The number of aromatic nitrogens is 2. The molecule has 0 saturated carbocycles. The van der Waals surface area contributed by atoms with E-state index in [1.165, 1.54) is 10.4 Å². The van der Waals surface area contributed by atoms with Gasteiger partial charge < -0.3 is 10.7 Å². The first-order valence-corrected chi connectivity index (χ1v) is 6.27. The highest BCUT2D eigenvalue weighted by Gasteiger charge is 2.09. The molecule has 0 fully saturated rings. The van der Waals surface area contributed by atoms with Gasteiger partial charge in [0.15, 0.2) is 0 Å². The first-order valence-electron chi connectivity index (χ1n) is 5.46. The second-order valence-electron chi connectivity index (χ2n) is 4.22. The van der Waals surface area contributed by atoms with Gasteiger partial charge in [0.05, 0.1) is 11.2 Å². The summed E-state index contributed by atoms with van der Waals surface area (Å²) in [5, 5.41) is 2.09. The summed E-state index contributed by atoms with van der Waals surface area (Å²) < 4.78 is 0. The second kappa shape index (κ2) is 3.60. The molecule has 0 aliphatic heterocycles. The van der Waals surface area contributed by atoms with E-state index in [1.54, 1.807) is 11.3 Å². The maximum atomic E-state index is 5.98. The lowest BCUT2D eigenvalue weighted by Crippen LogP contribution is -1.86. The van der Waals surface area contributed by atoms with Gasteiger partial charge in [0.2, 0.25) is 0 Å². The number of aromatic amines is 1. The topological polar surface area (TPSA) is 54.7 Å². The lowest BCUT2D eigenvalue weighted by molar-refractivity contribution is 1.34. The molecule has 17 heavy (non-hydrogen) atoms. The van der Waals surface area contributed by atoms with Crippen LogP contribution >= 0.6 is 11.3 Å². The van der Waals surface area contributed by atoms with Gasteiger partial charge >= 0.3 is 0 Å². The highest BCUT2D eigenvalue weighted by molar-refractivity contribution is 7.14. The summed E-state index contributed by atoms with van der Waals surface area (Å²) in [4.78, 5) is 9.00. The molecule has 0 amide bonds. The first-order chi connectivity index (χ1) is 8.15. The quantitative estimate of drug-likeness (QED) is 0.643. The average Bonchev–Trinajstić information content (AvgIpc) is 2.90. The van der Waals surface area contributed by atoms with Crippen LogP contribution in [0.1, 0.15) is 10.4 Å². The van der Waals surface area contributed by atoms with E-state index in [-0.39, 0.29) is 0 Å². The molecule has 0 radical (unpaired) electrons. The molecule has 3 aromatic rings. The molecular weight excluding hydrogens is 230 g/mol. The number of aryl methyl sites for hydroxylation is 2.